The average Bonchev–Trinajstić information content (AvgIpc) is 0.693. The van der Waals surface area contributed by atoms with E-state index in [9.17, 15) is 19.2 Å². The van der Waals surface area contributed by atoms with Crippen LogP contribution in [0, 0.1) is 11.8 Å². The number of ether oxygens (including phenoxy) is 4. The van der Waals surface area contributed by atoms with E-state index in [-0.39, 0.29) is 11.5 Å². The number of hydrogen-bond acceptors (Lipinski definition) is 10. The van der Waals surface area contributed by atoms with Crippen molar-refractivity contribution in [1.29, 1.82) is 0 Å². The predicted molar refractivity (Wildman–Crippen MR) is 426 cm³/mol. The number of benzene rings is 4. The third-order valence-electron chi connectivity index (χ3n) is 21.9. The van der Waals surface area contributed by atoms with Gasteiger partial charge in [-0.2, -0.15) is 0 Å². The van der Waals surface area contributed by atoms with Gasteiger partial charge in [-0.25, -0.2) is 4.90 Å². The molecule has 12 nitrogen and oxygen atoms in total. The monoisotopic (exact) mass is 1400 g/mol. The molecule has 0 radical (unpaired) electrons. The molecule has 102 heavy (non-hydrogen) atoms. The van der Waals surface area contributed by atoms with Gasteiger partial charge in [-0.05, 0) is 100 Å². The van der Waals surface area contributed by atoms with Crippen LogP contribution in [0.15, 0.2) is 61.1 Å². The van der Waals surface area contributed by atoms with Crippen molar-refractivity contribution in [3.05, 3.63) is 94.4 Å². The van der Waals surface area contributed by atoms with Crippen molar-refractivity contribution < 1.29 is 38.1 Å². The van der Waals surface area contributed by atoms with Crippen LogP contribution >= 0.6 is 0 Å². The van der Waals surface area contributed by atoms with E-state index in [2.05, 4.69) is 27.7 Å². The molecule has 0 bridgehead atoms. The molecule has 12 heteroatoms. The number of nitrogens with zero attached hydrogens (tertiary/aromatic N) is 4. The average molecular weight is 1400 g/mol. The maximum atomic E-state index is 14.9. The number of imide groups is 2. The van der Waals surface area contributed by atoms with E-state index in [0.29, 0.717) is 115 Å². The first-order valence-electron chi connectivity index (χ1n) is 41.7. The Hall–Kier alpha value is -6.24. The molecule has 4 aromatic carbocycles. The van der Waals surface area contributed by atoms with Gasteiger partial charge in [0.15, 0.2) is 0 Å². The molecular weight excluding hydrogens is 1270 g/mol. The number of fused-ring (bicyclic) bond motifs is 2. The van der Waals surface area contributed by atoms with Gasteiger partial charge in [-0.3, -0.25) is 34.0 Å². The van der Waals surface area contributed by atoms with Crippen molar-refractivity contribution in [3.63, 3.8) is 0 Å². The third-order valence-corrected chi connectivity index (χ3v) is 21.9. The Bertz CT molecular complexity index is 3420. The van der Waals surface area contributed by atoms with Crippen LogP contribution in [-0.2, 0) is 9.47 Å². The van der Waals surface area contributed by atoms with Gasteiger partial charge >= 0.3 is 0 Å². The molecule has 0 N–H and O–H groups in total. The van der Waals surface area contributed by atoms with Crippen molar-refractivity contribution in [2.45, 2.75) is 317 Å². The molecule has 2 aromatic heterocycles. The zero-order chi connectivity index (χ0) is 71.9. The quantitative estimate of drug-likeness (QED) is 0.0157. The standard InChI is InChI=1S/C90H132N4O8/c1-7-12-16-20-24-28-30-34-38-42-51-69(49-40-36-32-26-22-18-14-9-3)67-99-59-44-46-61-101-79-64-72(80(63-71(79)48-11-5)102-62-47-45-60-100-68-70(50-41-37-33-27-23-19-15-10-4)52-43-39-35-31-29-25-21-17-13-8-2)57-58-94-89(97)76-56-54-74-84-82(76)78(90(94)98)66-92-86(84)73-53-55-75-81-77(65-91-85(74)83(73)81)88(96)93(6)87(75)95/h11,48,53-58,63-66,69-70H,7-10,12-47,49-52,59-62,67-68H2,1-6H3/b48-11+,58-57+. The van der Waals surface area contributed by atoms with Crippen LogP contribution < -0.4 is 9.47 Å². The lowest BCUT2D eigenvalue weighted by Crippen LogP contribution is -2.37. The number of pyridine rings is 2. The Kier molecular flexibility index (Phi) is 37.2. The fraction of sp³-hybridized carbons (Fsp3) is 0.644. The molecule has 0 saturated heterocycles. The SMILES string of the molecule is C/C=C/c1cc(OCCCCOCC(CCCCCCCCCC)CCCCCCCCCCCC)c(/C=C/N2C(=O)c3ccc4c5ncc6c7c(ccc(c8ncc(c3c48)C2=O)c75)C(=O)N(C)C6=O)cc1OCCCCOCC(CCCCCCCCCC)CCCCCCCCCCCC. The molecule has 2 atom stereocenters. The summed E-state index contributed by atoms with van der Waals surface area (Å²) >= 11 is 0. The predicted octanol–water partition coefficient (Wildman–Crippen LogP) is 25.3. The van der Waals surface area contributed by atoms with Gasteiger partial charge < -0.3 is 18.9 Å². The van der Waals surface area contributed by atoms with Crippen LogP contribution in [0.5, 0.6) is 11.5 Å². The van der Waals surface area contributed by atoms with Crippen molar-refractivity contribution in [2.24, 2.45) is 11.8 Å². The molecule has 6 aromatic rings. The van der Waals surface area contributed by atoms with E-state index in [0.717, 1.165) is 49.4 Å². The van der Waals surface area contributed by atoms with E-state index in [1.54, 1.807) is 30.6 Å². The minimum absolute atomic E-state index is 0.289. The smallest absolute Gasteiger partial charge is 0.267 e. The van der Waals surface area contributed by atoms with Crippen LogP contribution in [0.1, 0.15) is 370 Å². The molecule has 0 fully saturated rings. The van der Waals surface area contributed by atoms with Gasteiger partial charge in [0.05, 0.1) is 35.4 Å². The highest BCUT2D eigenvalue weighted by atomic mass is 16.5. The lowest BCUT2D eigenvalue weighted by atomic mass is 9.86. The second-order valence-electron chi connectivity index (χ2n) is 30.2. The second kappa shape index (κ2) is 46.6. The minimum Gasteiger partial charge on any atom is -0.493 e. The first-order chi connectivity index (χ1) is 50.1. The number of hydrogen-bond donors (Lipinski definition) is 0. The Morgan fingerprint density at radius 1 is 0.373 bits per heavy atom. The number of amides is 4. The van der Waals surface area contributed by atoms with E-state index in [1.807, 2.05) is 43.3 Å². The van der Waals surface area contributed by atoms with Crippen LogP contribution in [0.3, 0.4) is 0 Å². The molecule has 2 aliphatic rings. The second-order valence-corrected chi connectivity index (χ2v) is 30.2. The summed E-state index contributed by atoms with van der Waals surface area (Å²) in [5.41, 5.74) is 4.11. The maximum Gasteiger partial charge on any atom is 0.267 e. The summed E-state index contributed by atoms with van der Waals surface area (Å²) in [6, 6.07) is 11.2. The van der Waals surface area contributed by atoms with E-state index in [1.165, 1.54) is 275 Å². The van der Waals surface area contributed by atoms with Gasteiger partial charge in [-0.15, -0.1) is 0 Å². The molecule has 560 valence electrons. The fourth-order valence-electron chi connectivity index (χ4n) is 15.7. The fourth-order valence-corrected chi connectivity index (χ4v) is 15.7. The molecule has 0 spiro atoms. The van der Waals surface area contributed by atoms with Crippen molar-refractivity contribution in [1.82, 2.24) is 19.8 Å². The zero-order valence-electron chi connectivity index (χ0n) is 64.5. The summed E-state index contributed by atoms with van der Waals surface area (Å²) in [6.45, 7) is 15.2. The van der Waals surface area contributed by atoms with Gasteiger partial charge in [0, 0.05) is 107 Å². The lowest BCUT2D eigenvalue weighted by Gasteiger charge is -2.27. The molecule has 8 rings (SSSR count). The van der Waals surface area contributed by atoms with Crippen LogP contribution in [-0.4, -0.2) is 90.1 Å². The van der Waals surface area contributed by atoms with E-state index < -0.39 is 17.7 Å². The highest BCUT2D eigenvalue weighted by molar-refractivity contribution is 6.39. The Morgan fingerprint density at radius 3 is 1.08 bits per heavy atom. The molecule has 4 amide bonds. The van der Waals surface area contributed by atoms with Gasteiger partial charge in [0.1, 0.15) is 11.5 Å². The largest absolute Gasteiger partial charge is 0.493 e. The first kappa shape index (κ1) is 81.4. The number of carbonyl (C=O) groups excluding carboxylic acids is 4. The zero-order valence-corrected chi connectivity index (χ0v) is 64.5. The summed E-state index contributed by atoms with van der Waals surface area (Å²) in [4.78, 5) is 68.7. The van der Waals surface area contributed by atoms with Crippen LogP contribution in [0.4, 0.5) is 0 Å². The van der Waals surface area contributed by atoms with Crippen molar-refractivity contribution in [3.8, 4) is 11.5 Å². The first-order valence-corrected chi connectivity index (χ1v) is 41.7. The molecule has 2 unspecified atom stereocenters. The summed E-state index contributed by atoms with van der Waals surface area (Å²) < 4.78 is 26.4. The molecule has 4 heterocycles. The normalized spacial score (nSPS) is 13.9. The van der Waals surface area contributed by atoms with Gasteiger partial charge in [0.25, 0.3) is 23.6 Å². The minimum atomic E-state index is -0.503. The topological polar surface area (TPSA) is 137 Å². The maximum absolute atomic E-state index is 14.9. The number of unbranched alkanes of at least 4 members (excludes halogenated alkanes) is 34. The summed E-state index contributed by atoms with van der Waals surface area (Å²) in [6.07, 6.45) is 67.5. The summed E-state index contributed by atoms with van der Waals surface area (Å²) in [7, 11) is 1.48. The number of allylic oxidation sites excluding steroid dienone is 1. The highest BCUT2D eigenvalue weighted by Crippen LogP contribution is 2.45. The summed E-state index contributed by atoms with van der Waals surface area (Å²) in [5, 5.41) is 3.71. The Balaban J connectivity index is 0.924. The van der Waals surface area contributed by atoms with Gasteiger partial charge in [0.2, 0.25) is 0 Å². The Morgan fingerprint density at radius 2 is 0.696 bits per heavy atom. The summed E-state index contributed by atoms with van der Waals surface area (Å²) in [5.74, 6) is 0.767. The van der Waals surface area contributed by atoms with Crippen LogP contribution in [0.25, 0.3) is 55.5 Å². The lowest BCUT2D eigenvalue weighted by molar-refractivity contribution is 0.0644. The number of rotatable bonds is 59. The van der Waals surface area contributed by atoms with E-state index >= 15 is 0 Å². The molecule has 2 aliphatic heterocycles. The Labute approximate surface area is 615 Å². The molecular formula is C90H132N4O8. The molecule has 0 aliphatic carbocycles. The van der Waals surface area contributed by atoms with Gasteiger partial charge in [-0.1, -0.05) is 283 Å². The van der Waals surface area contributed by atoms with E-state index in [4.69, 9.17) is 28.9 Å². The number of aromatic nitrogens is 2. The number of carbonyl (C=O) groups is 4. The highest BCUT2D eigenvalue weighted by Gasteiger charge is 2.36. The van der Waals surface area contributed by atoms with Crippen molar-refractivity contribution >= 4 is 79.1 Å². The van der Waals surface area contributed by atoms with Crippen molar-refractivity contribution in [2.75, 3.05) is 46.7 Å². The molecule has 0 saturated carbocycles. The third kappa shape index (κ3) is 24.4. The van der Waals surface area contributed by atoms with Crippen LogP contribution in [0.2, 0.25) is 0 Å².